The minimum absolute atomic E-state index is 0.0151. The van der Waals surface area contributed by atoms with Gasteiger partial charge in [0.15, 0.2) is 11.6 Å². The van der Waals surface area contributed by atoms with Crippen molar-refractivity contribution in [3.05, 3.63) is 77.0 Å². The van der Waals surface area contributed by atoms with Gasteiger partial charge in [-0.3, -0.25) is 9.69 Å². The molecule has 7 nitrogen and oxygen atoms in total. The van der Waals surface area contributed by atoms with E-state index < -0.39 is 11.6 Å². The van der Waals surface area contributed by atoms with Crippen molar-refractivity contribution in [2.24, 2.45) is 5.92 Å². The van der Waals surface area contributed by atoms with Gasteiger partial charge in [0.2, 0.25) is 0 Å². The number of rotatable bonds is 9. The minimum atomic E-state index is -0.743. The number of ether oxygens (including phenoxy) is 3. The normalized spacial score (nSPS) is 20.0. The fourth-order valence-electron chi connectivity index (χ4n) is 6.98. The summed E-state index contributed by atoms with van der Waals surface area (Å²) >= 11 is 0. The molecule has 3 saturated heterocycles. The summed E-state index contributed by atoms with van der Waals surface area (Å²) in [5.74, 6) is -0.459. The lowest BCUT2D eigenvalue weighted by atomic mass is 9.87. The van der Waals surface area contributed by atoms with Gasteiger partial charge >= 0.3 is 5.97 Å². The Hall–Kier alpha value is -3.56. The maximum atomic E-state index is 15.2. The maximum Gasteiger partial charge on any atom is 0.309 e. The number of benzene rings is 2. The molecule has 240 valence electrons. The zero-order valence-electron chi connectivity index (χ0n) is 26.3. The van der Waals surface area contributed by atoms with Crippen LogP contribution in [0.25, 0.3) is 11.1 Å². The van der Waals surface area contributed by atoms with Crippen LogP contribution in [0.15, 0.2) is 48.7 Å². The fourth-order valence-corrected chi connectivity index (χ4v) is 6.98. The quantitative estimate of drug-likeness (QED) is 0.248. The summed E-state index contributed by atoms with van der Waals surface area (Å²) in [4.78, 5) is 21.3. The number of likely N-dealkylation sites (tertiary alicyclic amines) is 1. The zero-order valence-corrected chi connectivity index (χ0v) is 26.3. The Labute approximate surface area is 264 Å². The minimum Gasteiger partial charge on any atom is -0.485 e. The third-order valence-corrected chi connectivity index (χ3v) is 9.67. The van der Waals surface area contributed by atoms with Crippen molar-refractivity contribution in [2.75, 3.05) is 50.9 Å². The Kier molecular flexibility index (Phi) is 9.95. The van der Waals surface area contributed by atoms with Crippen LogP contribution in [0.4, 0.5) is 14.6 Å². The maximum absolute atomic E-state index is 15.2. The van der Waals surface area contributed by atoms with Crippen molar-refractivity contribution in [1.82, 2.24) is 9.88 Å². The molecule has 2 aromatic carbocycles. The molecule has 6 rings (SSSR count). The first-order chi connectivity index (χ1) is 21.9. The molecule has 3 fully saturated rings. The van der Waals surface area contributed by atoms with E-state index in [0.717, 1.165) is 62.8 Å². The van der Waals surface area contributed by atoms with Crippen LogP contribution in [0.2, 0.25) is 0 Å². The Morgan fingerprint density at radius 3 is 2.51 bits per heavy atom. The molecule has 0 saturated carbocycles. The fraction of sp³-hybridized carbons (Fsp3) is 0.500. The second-order valence-corrected chi connectivity index (χ2v) is 12.5. The third-order valence-electron chi connectivity index (χ3n) is 9.67. The molecule has 45 heavy (non-hydrogen) atoms. The van der Waals surface area contributed by atoms with Crippen LogP contribution >= 0.6 is 0 Å². The van der Waals surface area contributed by atoms with E-state index in [0.29, 0.717) is 61.4 Å². The van der Waals surface area contributed by atoms with Gasteiger partial charge in [0.25, 0.3) is 0 Å². The molecule has 0 N–H and O–H groups in total. The highest BCUT2D eigenvalue weighted by Gasteiger charge is 2.29. The summed E-state index contributed by atoms with van der Waals surface area (Å²) in [5.41, 5.74) is 4.35. The summed E-state index contributed by atoms with van der Waals surface area (Å²) in [5, 5.41) is 0. The van der Waals surface area contributed by atoms with E-state index in [2.05, 4.69) is 39.9 Å². The lowest BCUT2D eigenvalue weighted by Crippen LogP contribution is -2.41. The molecule has 0 aliphatic carbocycles. The number of anilines is 1. The topological polar surface area (TPSA) is 64.1 Å². The number of esters is 1. The van der Waals surface area contributed by atoms with E-state index in [1.54, 1.807) is 12.3 Å². The van der Waals surface area contributed by atoms with E-state index in [9.17, 15) is 9.18 Å². The first-order valence-electron chi connectivity index (χ1n) is 16.3. The molecule has 3 aliphatic heterocycles. The molecule has 0 radical (unpaired) electrons. The number of carbonyl (C=O) groups excluding carboxylic acids is 1. The average Bonchev–Trinajstić information content (AvgIpc) is 3.60. The number of piperidine rings is 2. The van der Waals surface area contributed by atoms with Gasteiger partial charge in [-0.2, -0.15) is 0 Å². The second kappa shape index (κ2) is 14.3. The van der Waals surface area contributed by atoms with E-state index in [4.69, 9.17) is 14.2 Å². The summed E-state index contributed by atoms with van der Waals surface area (Å²) in [7, 11) is 0. The lowest BCUT2D eigenvalue weighted by Gasteiger charge is -2.35. The van der Waals surface area contributed by atoms with Crippen LogP contribution in [-0.4, -0.2) is 67.9 Å². The molecule has 1 aromatic heterocycles. The van der Waals surface area contributed by atoms with Gasteiger partial charge in [0.1, 0.15) is 18.2 Å². The molecule has 9 heteroatoms. The zero-order chi connectivity index (χ0) is 31.3. The number of hydrogen-bond donors (Lipinski definition) is 0. The summed E-state index contributed by atoms with van der Waals surface area (Å²) in [6.45, 7) is 9.62. The molecule has 0 spiro atoms. The van der Waals surface area contributed by atoms with Crippen molar-refractivity contribution in [1.29, 1.82) is 0 Å². The van der Waals surface area contributed by atoms with Gasteiger partial charge in [-0.05, 0) is 105 Å². The number of carbonyl (C=O) groups is 1. The average molecular weight is 620 g/mol. The van der Waals surface area contributed by atoms with Crippen molar-refractivity contribution in [3.8, 4) is 16.9 Å². The predicted octanol–water partition coefficient (Wildman–Crippen LogP) is 6.66. The van der Waals surface area contributed by atoms with Gasteiger partial charge in [0, 0.05) is 43.6 Å². The Morgan fingerprint density at radius 2 is 1.80 bits per heavy atom. The molecular formula is C36H43F2N3O4. The largest absolute Gasteiger partial charge is 0.485 e. The van der Waals surface area contributed by atoms with Gasteiger partial charge in [-0.15, -0.1) is 0 Å². The molecule has 3 aliphatic rings. The molecule has 0 bridgehead atoms. The summed E-state index contributed by atoms with van der Waals surface area (Å²) in [6.07, 6.45) is 6.38. The summed E-state index contributed by atoms with van der Waals surface area (Å²) < 4.78 is 46.6. The van der Waals surface area contributed by atoms with Crippen molar-refractivity contribution in [3.63, 3.8) is 0 Å². The molecule has 4 heterocycles. The summed E-state index contributed by atoms with van der Waals surface area (Å²) in [6, 6.07) is 12.8. The third kappa shape index (κ3) is 7.31. The lowest BCUT2D eigenvalue weighted by molar-refractivity contribution is -0.148. The monoisotopic (exact) mass is 619 g/mol. The number of halogens is 2. The smallest absolute Gasteiger partial charge is 0.309 e. The first-order valence-corrected chi connectivity index (χ1v) is 16.3. The van der Waals surface area contributed by atoms with Crippen molar-refractivity contribution >= 4 is 11.8 Å². The van der Waals surface area contributed by atoms with Crippen LogP contribution in [-0.2, 0) is 20.9 Å². The Balaban J connectivity index is 1.13. The van der Waals surface area contributed by atoms with Gasteiger partial charge in [-0.25, -0.2) is 13.8 Å². The number of aryl methyl sites for hydroxylation is 1. The molecular weight excluding hydrogens is 576 g/mol. The first kappa shape index (κ1) is 31.4. The molecule has 1 atom stereocenters. The highest BCUT2D eigenvalue weighted by Crippen LogP contribution is 2.37. The van der Waals surface area contributed by atoms with Crippen LogP contribution in [0.3, 0.4) is 0 Å². The van der Waals surface area contributed by atoms with Crippen LogP contribution < -0.4 is 9.64 Å². The second-order valence-electron chi connectivity index (χ2n) is 12.5. The SMILES string of the molecule is CCOC(=O)C1CCN(c2cc(-c3cc(F)cc(F)c3OCc3ccc(C4CCN(C5CCOC5)CC4)cc3C)ccn2)CC1. The molecule has 3 aromatic rings. The highest BCUT2D eigenvalue weighted by molar-refractivity contribution is 5.74. The van der Waals surface area contributed by atoms with E-state index >= 15 is 4.39 Å². The van der Waals surface area contributed by atoms with E-state index in [-0.39, 0.29) is 24.2 Å². The molecule has 1 unspecified atom stereocenters. The predicted molar refractivity (Wildman–Crippen MR) is 169 cm³/mol. The highest BCUT2D eigenvalue weighted by atomic mass is 19.1. The van der Waals surface area contributed by atoms with E-state index in [1.807, 2.05) is 13.0 Å². The number of hydrogen-bond acceptors (Lipinski definition) is 7. The Bertz CT molecular complexity index is 1480. The van der Waals surface area contributed by atoms with Crippen LogP contribution in [0.5, 0.6) is 5.75 Å². The van der Waals surface area contributed by atoms with Crippen molar-refractivity contribution in [2.45, 2.75) is 64.5 Å². The standard InChI is InChI=1S/C36H43F2N3O4/c1-3-44-36(42)26-9-15-41(16-10-26)34-19-28(6-12-39-34)32-20-30(37)21-33(38)35(32)45-22-29-5-4-27(18-24(29)2)25-7-13-40(14-8-25)31-11-17-43-23-31/h4-6,12,18-21,25-26,31H,3,7-11,13-17,22-23H2,1-2H3. The number of nitrogens with zero attached hydrogens (tertiary/aromatic N) is 3. The van der Waals surface area contributed by atoms with Crippen LogP contribution in [0.1, 0.15) is 61.6 Å². The van der Waals surface area contributed by atoms with E-state index in [1.165, 1.54) is 11.6 Å². The number of aromatic nitrogens is 1. The number of pyridine rings is 1. The van der Waals surface area contributed by atoms with Crippen molar-refractivity contribution < 1.29 is 27.8 Å². The van der Waals surface area contributed by atoms with Gasteiger partial charge < -0.3 is 19.1 Å². The molecule has 0 amide bonds. The van der Waals surface area contributed by atoms with Gasteiger partial charge in [0.05, 0.1) is 19.1 Å². The van der Waals surface area contributed by atoms with Crippen LogP contribution in [0, 0.1) is 24.5 Å². The van der Waals surface area contributed by atoms with Gasteiger partial charge in [-0.1, -0.05) is 18.2 Å². The Morgan fingerprint density at radius 1 is 1.00 bits per heavy atom.